The zero-order valence-electron chi connectivity index (χ0n) is 12.3. The topological polar surface area (TPSA) is 75.4 Å². The van der Waals surface area contributed by atoms with Crippen molar-refractivity contribution in [3.8, 4) is 0 Å². The molecular formula is C15H16F3N3O2. The number of nitrogens with zero attached hydrogens (tertiary/aromatic N) is 1. The van der Waals surface area contributed by atoms with Gasteiger partial charge in [-0.25, -0.2) is 0 Å². The highest BCUT2D eigenvalue weighted by atomic mass is 19.4. The molecule has 1 aliphatic heterocycles. The minimum atomic E-state index is -4.38. The molecule has 2 amide bonds. The van der Waals surface area contributed by atoms with Gasteiger partial charge in [-0.3, -0.25) is 9.59 Å². The van der Waals surface area contributed by atoms with Crippen LogP contribution in [0.3, 0.4) is 0 Å². The fraction of sp³-hybridized carbons (Fsp3) is 0.333. The molecule has 2 atom stereocenters. The van der Waals surface area contributed by atoms with Crippen LogP contribution in [0.15, 0.2) is 36.4 Å². The first-order valence-electron chi connectivity index (χ1n) is 6.91. The number of carbonyl (C=O) groups is 2. The average Bonchev–Trinajstić information content (AvgIpc) is 2.46. The quantitative estimate of drug-likeness (QED) is 0.889. The number of hydrogen-bond acceptors (Lipinski definition) is 3. The van der Waals surface area contributed by atoms with Crippen molar-refractivity contribution in [1.82, 2.24) is 0 Å². The second-order valence-electron chi connectivity index (χ2n) is 5.27. The van der Waals surface area contributed by atoms with Gasteiger partial charge in [-0.2, -0.15) is 13.2 Å². The predicted octanol–water partition coefficient (Wildman–Crippen LogP) is 2.05. The molecule has 23 heavy (non-hydrogen) atoms. The van der Waals surface area contributed by atoms with Crippen LogP contribution < -0.4 is 16.0 Å². The van der Waals surface area contributed by atoms with Crippen LogP contribution in [-0.2, 0) is 9.59 Å². The second kappa shape index (κ2) is 6.31. The third kappa shape index (κ3) is 4.02. The van der Waals surface area contributed by atoms with Gasteiger partial charge >= 0.3 is 6.18 Å². The van der Waals surface area contributed by atoms with Gasteiger partial charge in [0.05, 0.1) is 5.92 Å². The SMILES string of the molecule is C[C@@H](Nc1cccc(N2CC(C(N)=O)C=CC2=O)c1)C(F)(F)F. The van der Waals surface area contributed by atoms with Crippen molar-refractivity contribution >= 4 is 23.2 Å². The Hall–Kier alpha value is -2.51. The summed E-state index contributed by atoms with van der Waals surface area (Å²) in [5, 5.41) is 2.34. The van der Waals surface area contributed by atoms with Crippen molar-refractivity contribution in [3.63, 3.8) is 0 Å². The summed E-state index contributed by atoms with van der Waals surface area (Å²) in [6.07, 6.45) is -1.72. The lowest BCUT2D eigenvalue weighted by Crippen LogP contribution is -2.41. The van der Waals surface area contributed by atoms with E-state index >= 15 is 0 Å². The summed E-state index contributed by atoms with van der Waals surface area (Å²) in [7, 11) is 0. The molecule has 1 heterocycles. The Kier molecular flexibility index (Phi) is 4.63. The Morgan fingerprint density at radius 2 is 2.13 bits per heavy atom. The summed E-state index contributed by atoms with van der Waals surface area (Å²) in [6.45, 7) is 1.06. The molecule has 5 nitrogen and oxygen atoms in total. The molecule has 0 aliphatic carbocycles. The minimum absolute atomic E-state index is 0.0585. The molecule has 0 bridgehead atoms. The van der Waals surface area contributed by atoms with Gasteiger partial charge in [0, 0.05) is 24.0 Å². The monoisotopic (exact) mass is 327 g/mol. The van der Waals surface area contributed by atoms with Crippen LogP contribution in [0.5, 0.6) is 0 Å². The molecule has 1 unspecified atom stereocenters. The molecular weight excluding hydrogens is 311 g/mol. The van der Waals surface area contributed by atoms with Gasteiger partial charge in [0.15, 0.2) is 0 Å². The number of amides is 2. The Labute approximate surface area is 130 Å². The normalized spacial score (nSPS) is 19.6. The smallest absolute Gasteiger partial charge is 0.374 e. The summed E-state index contributed by atoms with van der Waals surface area (Å²) in [5.41, 5.74) is 5.85. The van der Waals surface area contributed by atoms with Crippen LogP contribution in [-0.4, -0.2) is 30.6 Å². The van der Waals surface area contributed by atoms with E-state index < -0.39 is 24.0 Å². The number of nitrogens with one attached hydrogen (secondary N) is 1. The van der Waals surface area contributed by atoms with Crippen molar-refractivity contribution in [2.75, 3.05) is 16.8 Å². The number of benzene rings is 1. The van der Waals surface area contributed by atoms with E-state index in [2.05, 4.69) is 5.32 Å². The Balaban J connectivity index is 2.21. The zero-order chi connectivity index (χ0) is 17.2. The Bertz CT molecular complexity index is 643. The summed E-state index contributed by atoms with van der Waals surface area (Å²) in [5.74, 6) is -1.55. The lowest BCUT2D eigenvalue weighted by Gasteiger charge is -2.28. The number of rotatable bonds is 4. The van der Waals surface area contributed by atoms with E-state index in [0.29, 0.717) is 5.69 Å². The number of alkyl halides is 3. The van der Waals surface area contributed by atoms with Gasteiger partial charge in [0.2, 0.25) is 5.91 Å². The van der Waals surface area contributed by atoms with Gasteiger partial charge in [0.25, 0.3) is 5.91 Å². The van der Waals surface area contributed by atoms with Crippen LogP contribution in [0.1, 0.15) is 6.92 Å². The number of hydrogen-bond donors (Lipinski definition) is 2. The highest BCUT2D eigenvalue weighted by molar-refractivity contribution is 6.04. The molecule has 0 spiro atoms. The highest BCUT2D eigenvalue weighted by Crippen LogP contribution is 2.27. The van der Waals surface area contributed by atoms with E-state index in [1.807, 2.05) is 0 Å². The molecule has 1 aromatic carbocycles. The molecule has 3 N–H and O–H groups in total. The molecule has 0 saturated heterocycles. The number of anilines is 2. The Morgan fingerprint density at radius 1 is 1.43 bits per heavy atom. The fourth-order valence-electron chi connectivity index (χ4n) is 2.15. The molecule has 2 rings (SSSR count). The summed E-state index contributed by atoms with van der Waals surface area (Å²) >= 11 is 0. The first-order valence-corrected chi connectivity index (χ1v) is 6.91. The van der Waals surface area contributed by atoms with E-state index in [-0.39, 0.29) is 18.1 Å². The maximum Gasteiger partial charge on any atom is 0.408 e. The van der Waals surface area contributed by atoms with E-state index in [0.717, 1.165) is 6.92 Å². The van der Waals surface area contributed by atoms with E-state index in [9.17, 15) is 22.8 Å². The van der Waals surface area contributed by atoms with Crippen LogP contribution in [0.25, 0.3) is 0 Å². The van der Waals surface area contributed by atoms with Gasteiger partial charge in [0.1, 0.15) is 6.04 Å². The summed E-state index contributed by atoms with van der Waals surface area (Å²) < 4.78 is 37.8. The van der Waals surface area contributed by atoms with Crippen molar-refractivity contribution in [1.29, 1.82) is 0 Å². The third-order valence-electron chi connectivity index (χ3n) is 3.51. The van der Waals surface area contributed by atoms with Gasteiger partial charge < -0.3 is 16.0 Å². The standard InChI is InChI=1S/C15H16F3N3O2/c1-9(15(16,17)18)20-11-3-2-4-12(7-11)21-8-10(14(19)23)5-6-13(21)22/h2-7,9-10,20H,8H2,1H3,(H2,19,23)/t9-,10?/m1/s1. The van der Waals surface area contributed by atoms with E-state index in [1.54, 1.807) is 6.07 Å². The van der Waals surface area contributed by atoms with Crippen LogP contribution in [0.2, 0.25) is 0 Å². The number of halogens is 3. The van der Waals surface area contributed by atoms with Crippen LogP contribution in [0, 0.1) is 5.92 Å². The molecule has 1 aromatic rings. The fourth-order valence-corrected chi connectivity index (χ4v) is 2.15. The maximum atomic E-state index is 12.6. The first kappa shape index (κ1) is 16.9. The molecule has 0 fully saturated rings. The molecule has 0 radical (unpaired) electrons. The van der Waals surface area contributed by atoms with Gasteiger partial charge in [-0.15, -0.1) is 0 Å². The summed E-state index contributed by atoms with van der Waals surface area (Å²) in [6, 6.07) is 4.29. The number of carbonyl (C=O) groups excluding carboxylic acids is 2. The van der Waals surface area contributed by atoms with Gasteiger partial charge in [-0.05, 0) is 25.1 Å². The minimum Gasteiger partial charge on any atom is -0.374 e. The molecule has 1 aliphatic rings. The zero-order valence-corrected chi connectivity index (χ0v) is 12.3. The molecule has 8 heteroatoms. The van der Waals surface area contributed by atoms with Crippen molar-refractivity contribution in [2.24, 2.45) is 11.7 Å². The van der Waals surface area contributed by atoms with E-state index in [1.165, 1.54) is 35.3 Å². The average molecular weight is 327 g/mol. The number of nitrogens with two attached hydrogens (primary N) is 1. The van der Waals surface area contributed by atoms with Crippen molar-refractivity contribution < 1.29 is 22.8 Å². The maximum absolute atomic E-state index is 12.6. The molecule has 124 valence electrons. The van der Waals surface area contributed by atoms with Crippen LogP contribution in [0.4, 0.5) is 24.5 Å². The lowest BCUT2D eigenvalue weighted by molar-refractivity contribution is -0.138. The van der Waals surface area contributed by atoms with Crippen molar-refractivity contribution in [2.45, 2.75) is 19.1 Å². The second-order valence-corrected chi connectivity index (χ2v) is 5.27. The first-order chi connectivity index (χ1) is 10.7. The third-order valence-corrected chi connectivity index (χ3v) is 3.51. The predicted molar refractivity (Wildman–Crippen MR) is 79.8 cm³/mol. The van der Waals surface area contributed by atoms with Crippen molar-refractivity contribution in [3.05, 3.63) is 36.4 Å². The largest absolute Gasteiger partial charge is 0.408 e. The van der Waals surface area contributed by atoms with Crippen LogP contribution >= 0.6 is 0 Å². The lowest BCUT2D eigenvalue weighted by atomic mass is 10.0. The summed E-state index contributed by atoms with van der Waals surface area (Å²) in [4.78, 5) is 24.5. The number of primary amides is 1. The highest BCUT2D eigenvalue weighted by Gasteiger charge is 2.36. The molecule has 0 saturated carbocycles. The molecule has 0 aromatic heterocycles. The Morgan fingerprint density at radius 3 is 2.74 bits per heavy atom. The van der Waals surface area contributed by atoms with E-state index in [4.69, 9.17) is 5.73 Å². The van der Waals surface area contributed by atoms with Gasteiger partial charge in [-0.1, -0.05) is 12.1 Å².